The number of ether oxygens (including phenoxy) is 1. The molecule has 8 heteroatoms. The summed E-state index contributed by atoms with van der Waals surface area (Å²) in [6, 6.07) is 22.8. The average molecular weight is 580 g/mol. The topological polar surface area (TPSA) is 64.7 Å². The summed E-state index contributed by atoms with van der Waals surface area (Å²) in [5.41, 5.74) is 5.04. The van der Waals surface area contributed by atoms with Crippen molar-refractivity contribution >= 4 is 41.0 Å². The van der Waals surface area contributed by atoms with Crippen LogP contribution in [0.15, 0.2) is 80.4 Å². The van der Waals surface area contributed by atoms with Gasteiger partial charge in [-0.05, 0) is 53.4 Å². The van der Waals surface area contributed by atoms with Crippen molar-refractivity contribution in [3.63, 3.8) is 0 Å². The standard InChI is InChI=1S/C29H31BrN2O4Si/c1-37(2,3)14-13-35-19-32-25-12-9-21(16-27(25)36-29(32)34)18-31-26(15-20-7-5-4-6-8-20)23-11-10-22(30)17-24(23)28(31)33/h4-12,16-17,26H,13-15,18-19H2,1-3H3. The molecule has 3 aromatic carbocycles. The first kappa shape index (κ1) is 25.7. The van der Waals surface area contributed by atoms with Gasteiger partial charge in [0, 0.05) is 31.3 Å². The predicted octanol–water partition coefficient (Wildman–Crippen LogP) is 6.61. The van der Waals surface area contributed by atoms with Crippen LogP contribution in [0.5, 0.6) is 0 Å². The maximum absolute atomic E-state index is 13.5. The number of hydrogen-bond acceptors (Lipinski definition) is 4. The van der Waals surface area contributed by atoms with Crippen LogP contribution in [0.1, 0.15) is 33.1 Å². The maximum Gasteiger partial charge on any atom is 0.421 e. The minimum atomic E-state index is -1.21. The minimum Gasteiger partial charge on any atom is -0.408 e. The first-order chi connectivity index (χ1) is 17.7. The molecule has 0 saturated heterocycles. The predicted molar refractivity (Wildman–Crippen MR) is 151 cm³/mol. The van der Waals surface area contributed by atoms with Crippen LogP contribution in [0.25, 0.3) is 11.1 Å². The highest BCUT2D eigenvalue weighted by Gasteiger charge is 2.36. The number of fused-ring (bicyclic) bond motifs is 2. The second kappa shape index (κ2) is 10.4. The van der Waals surface area contributed by atoms with E-state index >= 15 is 0 Å². The van der Waals surface area contributed by atoms with Gasteiger partial charge in [0.25, 0.3) is 5.91 Å². The summed E-state index contributed by atoms with van der Waals surface area (Å²) in [6.07, 6.45) is 0.726. The Kier molecular flexibility index (Phi) is 7.25. The number of nitrogens with zero attached hydrogens (tertiary/aromatic N) is 2. The molecule has 37 heavy (non-hydrogen) atoms. The number of rotatable bonds is 9. The summed E-state index contributed by atoms with van der Waals surface area (Å²) in [6.45, 7) is 8.10. The largest absolute Gasteiger partial charge is 0.421 e. The van der Waals surface area contributed by atoms with Crippen LogP contribution in [0.4, 0.5) is 0 Å². The van der Waals surface area contributed by atoms with Crippen LogP contribution in [-0.4, -0.2) is 30.1 Å². The molecule has 4 aromatic rings. The molecule has 6 nitrogen and oxygen atoms in total. The molecule has 1 unspecified atom stereocenters. The van der Waals surface area contributed by atoms with Crippen molar-refractivity contribution in [3.05, 3.63) is 104 Å². The van der Waals surface area contributed by atoms with Crippen molar-refractivity contribution in [2.45, 2.75) is 51.4 Å². The molecule has 0 fully saturated rings. The van der Waals surface area contributed by atoms with Gasteiger partial charge in [0.15, 0.2) is 5.58 Å². The van der Waals surface area contributed by atoms with Gasteiger partial charge < -0.3 is 14.1 Å². The van der Waals surface area contributed by atoms with E-state index in [0.29, 0.717) is 24.3 Å². The first-order valence-electron chi connectivity index (χ1n) is 12.5. The van der Waals surface area contributed by atoms with Gasteiger partial charge >= 0.3 is 5.76 Å². The molecule has 0 spiro atoms. The normalized spacial score (nSPS) is 15.5. The highest BCUT2D eigenvalue weighted by molar-refractivity contribution is 9.10. The molecule has 0 N–H and O–H groups in total. The Balaban J connectivity index is 1.39. The molecule has 1 aliphatic rings. The summed E-state index contributed by atoms with van der Waals surface area (Å²) in [4.78, 5) is 28.0. The van der Waals surface area contributed by atoms with E-state index in [1.54, 1.807) is 0 Å². The molecule has 1 aromatic heterocycles. The Labute approximate surface area is 226 Å². The molecule has 1 aliphatic heterocycles. The molecule has 0 bridgehead atoms. The van der Waals surface area contributed by atoms with Crippen molar-refractivity contribution in [1.82, 2.24) is 9.47 Å². The van der Waals surface area contributed by atoms with E-state index in [1.807, 2.05) is 59.5 Å². The zero-order valence-electron chi connectivity index (χ0n) is 21.4. The van der Waals surface area contributed by atoms with Gasteiger partial charge in [-0.2, -0.15) is 0 Å². The van der Waals surface area contributed by atoms with E-state index in [4.69, 9.17) is 9.15 Å². The Hall–Kier alpha value is -2.94. The van der Waals surface area contributed by atoms with E-state index in [0.717, 1.165) is 33.6 Å². The fourth-order valence-electron chi connectivity index (χ4n) is 4.77. The van der Waals surface area contributed by atoms with E-state index in [9.17, 15) is 9.59 Å². The van der Waals surface area contributed by atoms with Crippen molar-refractivity contribution in [2.75, 3.05) is 6.61 Å². The first-order valence-corrected chi connectivity index (χ1v) is 17.0. The van der Waals surface area contributed by atoms with Gasteiger partial charge in [-0.3, -0.25) is 4.79 Å². The van der Waals surface area contributed by atoms with Gasteiger partial charge in [0.05, 0.1) is 11.6 Å². The third kappa shape index (κ3) is 5.66. The monoisotopic (exact) mass is 578 g/mol. The van der Waals surface area contributed by atoms with Crippen LogP contribution in [0.2, 0.25) is 25.7 Å². The molecular formula is C29H31BrN2O4Si. The van der Waals surface area contributed by atoms with Gasteiger partial charge in [-0.1, -0.05) is 78.0 Å². The van der Waals surface area contributed by atoms with Gasteiger partial charge in [-0.15, -0.1) is 0 Å². The summed E-state index contributed by atoms with van der Waals surface area (Å²) in [5.74, 6) is -0.427. The Morgan fingerprint density at radius 2 is 1.76 bits per heavy atom. The fourth-order valence-corrected chi connectivity index (χ4v) is 5.89. The van der Waals surface area contributed by atoms with Crippen LogP contribution in [0, 0.1) is 0 Å². The molecule has 0 aliphatic carbocycles. The number of carbonyl (C=O) groups excluding carboxylic acids is 1. The lowest BCUT2D eigenvalue weighted by molar-refractivity contribution is 0.0709. The Morgan fingerprint density at radius 3 is 2.51 bits per heavy atom. The fraction of sp³-hybridized carbons (Fsp3) is 0.310. The minimum absolute atomic E-state index is 0.00662. The number of oxazole rings is 1. The van der Waals surface area contributed by atoms with Crippen LogP contribution in [-0.2, 0) is 24.4 Å². The number of benzene rings is 3. The quantitative estimate of drug-likeness (QED) is 0.165. The summed E-state index contributed by atoms with van der Waals surface area (Å²) < 4.78 is 13.8. The van der Waals surface area contributed by atoms with E-state index in [1.165, 1.54) is 10.1 Å². The summed E-state index contributed by atoms with van der Waals surface area (Å²) in [5, 5.41) is 0. The highest BCUT2D eigenvalue weighted by atomic mass is 79.9. The maximum atomic E-state index is 13.5. The van der Waals surface area contributed by atoms with E-state index in [2.05, 4.69) is 47.7 Å². The number of carbonyl (C=O) groups is 1. The van der Waals surface area contributed by atoms with Crippen LogP contribution < -0.4 is 5.76 Å². The number of amides is 1. The third-order valence-corrected chi connectivity index (χ3v) is 9.01. The van der Waals surface area contributed by atoms with Gasteiger partial charge in [-0.25, -0.2) is 9.36 Å². The zero-order chi connectivity index (χ0) is 26.2. The second-order valence-electron chi connectivity index (χ2n) is 10.8. The van der Waals surface area contributed by atoms with Crippen molar-refractivity contribution < 1.29 is 13.9 Å². The van der Waals surface area contributed by atoms with E-state index < -0.39 is 13.8 Å². The van der Waals surface area contributed by atoms with Crippen molar-refractivity contribution in [2.24, 2.45) is 0 Å². The molecule has 1 atom stereocenters. The van der Waals surface area contributed by atoms with Crippen LogP contribution >= 0.6 is 15.9 Å². The molecule has 2 heterocycles. The Bertz CT molecular complexity index is 1490. The van der Waals surface area contributed by atoms with Gasteiger partial charge in [0.2, 0.25) is 0 Å². The molecule has 0 radical (unpaired) electrons. The molecule has 1 amide bonds. The molecular weight excluding hydrogens is 548 g/mol. The summed E-state index contributed by atoms with van der Waals surface area (Å²) >= 11 is 3.51. The second-order valence-corrected chi connectivity index (χ2v) is 17.4. The van der Waals surface area contributed by atoms with Crippen molar-refractivity contribution in [1.29, 1.82) is 0 Å². The summed E-state index contributed by atoms with van der Waals surface area (Å²) in [7, 11) is -1.21. The lowest BCUT2D eigenvalue weighted by atomic mass is 9.98. The molecule has 0 saturated carbocycles. The third-order valence-electron chi connectivity index (χ3n) is 6.82. The molecule has 192 valence electrons. The van der Waals surface area contributed by atoms with Crippen LogP contribution in [0.3, 0.4) is 0 Å². The van der Waals surface area contributed by atoms with Crippen molar-refractivity contribution in [3.8, 4) is 0 Å². The zero-order valence-corrected chi connectivity index (χ0v) is 24.0. The number of hydrogen-bond donors (Lipinski definition) is 0. The Morgan fingerprint density at radius 1 is 0.973 bits per heavy atom. The smallest absolute Gasteiger partial charge is 0.408 e. The highest BCUT2D eigenvalue weighted by Crippen LogP contribution is 2.38. The van der Waals surface area contributed by atoms with E-state index in [-0.39, 0.29) is 18.7 Å². The number of aromatic nitrogens is 1. The molecule has 5 rings (SSSR count). The lowest BCUT2D eigenvalue weighted by Gasteiger charge is -2.26. The van der Waals surface area contributed by atoms with Gasteiger partial charge in [0.1, 0.15) is 6.73 Å². The average Bonchev–Trinajstić information content (AvgIpc) is 3.30. The lowest BCUT2D eigenvalue weighted by Crippen LogP contribution is -2.28. The SMILES string of the molecule is C[Si](C)(C)CCOCn1c(=O)oc2cc(CN3C(=O)c4cc(Br)ccc4C3Cc3ccccc3)ccc21. The number of halogens is 1.